The Hall–Kier alpha value is -3.73. The van der Waals surface area contributed by atoms with Gasteiger partial charge in [0.05, 0.1) is 34.8 Å². The number of amides is 3. The Morgan fingerprint density at radius 1 is 1.11 bits per heavy atom. The Balaban J connectivity index is 1.57. The third-order valence-electron chi connectivity index (χ3n) is 7.87. The number of halogens is 1. The molecule has 0 spiro atoms. The lowest BCUT2D eigenvalue weighted by atomic mass is 9.96. The number of nitrogen functional groups attached to an aromatic ring is 1. The molecule has 5 N–H and O–H groups in total. The normalized spacial score (nSPS) is 16.9. The number of benzene rings is 3. The van der Waals surface area contributed by atoms with Crippen LogP contribution < -0.4 is 21.1 Å². The predicted molar refractivity (Wildman–Crippen MR) is 179 cm³/mol. The third-order valence-corrected chi connectivity index (χ3v) is 9.66. The highest BCUT2D eigenvalue weighted by Crippen LogP contribution is 2.40. The van der Waals surface area contributed by atoms with Crippen molar-refractivity contribution in [3.63, 3.8) is 0 Å². The fourth-order valence-electron chi connectivity index (χ4n) is 5.25. The third kappa shape index (κ3) is 8.31. The summed E-state index contributed by atoms with van der Waals surface area (Å²) in [4.78, 5) is 42.3. The molecule has 0 unspecified atom stereocenters. The first-order chi connectivity index (χ1) is 21.4. The van der Waals surface area contributed by atoms with E-state index in [1.165, 1.54) is 22.7 Å². The second kappa shape index (κ2) is 15.0. The molecule has 3 aromatic rings. The van der Waals surface area contributed by atoms with Crippen molar-refractivity contribution in [3.8, 4) is 5.75 Å². The molecule has 0 radical (unpaired) electrons. The lowest BCUT2D eigenvalue weighted by Gasteiger charge is -2.33. The van der Waals surface area contributed by atoms with Crippen LogP contribution in [0.3, 0.4) is 0 Å². The van der Waals surface area contributed by atoms with Crippen molar-refractivity contribution < 1.29 is 24.2 Å². The summed E-state index contributed by atoms with van der Waals surface area (Å²) in [5, 5.41) is 17.4. The van der Waals surface area contributed by atoms with Crippen molar-refractivity contribution in [2.75, 3.05) is 18.2 Å². The van der Waals surface area contributed by atoms with Crippen molar-refractivity contribution in [1.82, 2.24) is 15.5 Å². The largest absolute Gasteiger partial charge is 0.494 e. The lowest BCUT2D eigenvalue weighted by molar-refractivity contribution is -0.147. The van der Waals surface area contributed by atoms with Gasteiger partial charge in [-0.05, 0) is 74.6 Å². The van der Waals surface area contributed by atoms with Gasteiger partial charge in [-0.15, -0.1) is 11.8 Å². The number of thioether (sulfide) groups is 1. The SMILES string of the molecule is CCCOc1ccc(C[C@H](NC(=O)c2cccc(N)c2Cl)[C@H](O)C(=O)N2CSC(C)(C)[C@H]2C(=O)NCc2ccccc2C)cc1. The molecule has 11 heteroatoms. The van der Waals surface area contributed by atoms with Gasteiger partial charge in [0.1, 0.15) is 11.8 Å². The number of carbonyl (C=O) groups is 3. The van der Waals surface area contributed by atoms with Crippen LogP contribution in [0.1, 0.15) is 54.2 Å². The zero-order valence-electron chi connectivity index (χ0n) is 26.0. The number of carbonyl (C=O) groups excluding carboxylic acids is 3. The molecule has 0 bridgehead atoms. The second-order valence-corrected chi connectivity index (χ2v) is 13.6. The predicted octanol–water partition coefficient (Wildman–Crippen LogP) is 4.72. The van der Waals surface area contributed by atoms with E-state index in [0.29, 0.717) is 18.9 Å². The molecule has 1 saturated heterocycles. The first-order valence-corrected chi connectivity index (χ1v) is 16.3. The van der Waals surface area contributed by atoms with Crippen molar-refractivity contribution in [1.29, 1.82) is 0 Å². The van der Waals surface area contributed by atoms with Crippen LogP contribution in [0, 0.1) is 6.92 Å². The van der Waals surface area contributed by atoms with Crippen molar-refractivity contribution >= 4 is 46.8 Å². The Kier molecular flexibility index (Phi) is 11.4. The lowest BCUT2D eigenvalue weighted by Crippen LogP contribution is -2.58. The van der Waals surface area contributed by atoms with E-state index in [4.69, 9.17) is 22.1 Å². The van der Waals surface area contributed by atoms with E-state index in [0.717, 1.165) is 23.1 Å². The minimum Gasteiger partial charge on any atom is -0.494 e. The van der Waals surface area contributed by atoms with Crippen LogP contribution in [-0.4, -0.2) is 63.1 Å². The van der Waals surface area contributed by atoms with E-state index in [9.17, 15) is 19.5 Å². The first-order valence-electron chi connectivity index (χ1n) is 14.9. The van der Waals surface area contributed by atoms with E-state index in [-0.39, 0.29) is 34.5 Å². The van der Waals surface area contributed by atoms with E-state index in [1.54, 1.807) is 24.3 Å². The number of ether oxygens (including phenoxy) is 1. The molecule has 0 aliphatic carbocycles. The van der Waals surface area contributed by atoms with Crippen molar-refractivity contribution in [3.05, 3.63) is 94.0 Å². The van der Waals surface area contributed by atoms with Crippen LogP contribution in [-0.2, 0) is 22.6 Å². The summed E-state index contributed by atoms with van der Waals surface area (Å²) in [6, 6.07) is 17.8. The fourth-order valence-corrected chi connectivity index (χ4v) is 6.60. The summed E-state index contributed by atoms with van der Waals surface area (Å²) >= 11 is 7.77. The molecule has 3 amide bonds. The van der Waals surface area contributed by atoms with E-state index < -0.39 is 34.7 Å². The van der Waals surface area contributed by atoms with Crippen molar-refractivity contribution in [2.45, 2.75) is 70.0 Å². The summed E-state index contributed by atoms with van der Waals surface area (Å²) < 4.78 is 5.06. The molecule has 1 aliphatic heterocycles. The quantitative estimate of drug-likeness (QED) is 0.208. The van der Waals surface area contributed by atoms with Gasteiger partial charge in [-0.1, -0.05) is 61.0 Å². The molecule has 0 saturated carbocycles. The highest BCUT2D eigenvalue weighted by Gasteiger charge is 2.49. The maximum atomic E-state index is 14.0. The average molecular weight is 653 g/mol. The number of aliphatic hydroxyl groups is 1. The summed E-state index contributed by atoms with van der Waals surface area (Å²) in [5.41, 5.74) is 9.05. The van der Waals surface area contributed by atoms with Gasteiger partial charge in [0, 0.05) is 11.3 Å². The van der Waals surface area contributed by atoms with Crippen LogP contribution in [0.4, 0.5) is 5.69 Å². The van der Waals surface area contributed by atoms with Gasteiger partial charge in [0.25, 0.3) is 11.8 Å². The number of rotatable bonds is 12. The zero-order valence-corrected chi connectivity index (χ0v) is 27.6. The number of nitrogens with zero attached hydrogens (tertiary/aromatic N) is 1. The highest BCUT2D eigenvalue weighted by molar-refractivity contribution is 8.00. The Bertz CT molecular complexity index is 1520. The molecule has 45 heavy (non-hydrogen) atoms. The fraction of sp³-hybridized carbons (Fsp3) is 0.382. The molecule has 3 aromatic carbocycles. The number of aliphatic hydroxyl groups excluding tert-OH is 1. The first kappa shape index (κ1) is 34.1. The van der Waals surface area contributed by atoms with Gasteiger partial charge in [0.15, 0.2) is 6.10 Å². The summed E-state index contributed by atoms with van der Waals surface area (Å²) in [6.45, 7) is 8.68. The van der Waals surface area contributed by atoms with Crippen LogP contribution in [0.5, 0.6) is 5.75 Å². The Morgan fingerprint density at radius 3 is 2.51 bits per heavy atom. The van der Waals surface area contributed by atoms with Gasteiger partial charge in [-0.3, -0.25) is 14.4 Å². The average Bonchev–Trinajstić information content (AvgIpc) is 3.35. The maximum absolute atomic E-state index is 14.0. The van der Waals surface area contributed by atoms with Crippen LogP contribution in [0.15, 0.2) is 66.7 Å². The highest BCUT2D eigenvalue weighted by atomic mass is 35.5. The minimum atomic E-state index is -1.66. The van der Waals surface area contributed by atoms with Gasteiger partial charge < -0.3 is 31.1 Å². The van der Waals surface area contributed by atoms with Crippen molar-refractivity contribution in [2.24, 2.45) is 0 Å². The van der Waals surface area contributed by atoms with E-state index >= 15 is 0 Å². The molecular weight excluding hydrogens is 612 g/mol. The van der Waals surface area contributed by atoms with Gasteiger partial charge in [-0.2, -0.15) is 0 Å². The number of anilines is 1. The molecule has 9 nitrogen and oxygen atoms in total. The molecule has 240 valence electrons. The number of nitrogens with one attached hydrogen (secondary N) is 2. The van der Waals surface area contributed by atoms with Gasteiger partial charge >= 0.3 is 0 Å². The standard InChI is InChI=1S/C34H41ClN4O5S/c1-5-17-44-24-15-13-22(14-16-24)18-27(38-31(41)25-11-8-12-26(36)28(25)35)29(40)33(43)39-20-45-34(3,4)30(39)32(42)37-19-23-10-7-6-9-21(23)2/h6-16,27,29-30,40H,5,17-20,36H2,1-4H3,(H,37,42)(H,38,41)/t27-,29-,30+/m0/s1. The molecule has 1 fully saturated rings. The van der Waals surface area contributed by atoms with Crippen LogP contribution in [0.25, 0.3) is 0 Å². The maximum Gasteiger partial charge on any atom is 0.254 e. The molecule has 4 rings (SSSR count). The Morgan fingerprint density at radius 2 is 1.82 bits per heavy atom. The van der Waals surface area contributed by atoms with Crippen LogP contribution in [0.2, 0.25) is 5.02 Å². The smallest absolute Gasteiger partial charge is 0.254 e. The van der Waals surface area contributed by atoms with Crippen LogP contribution >= 0.6 is 23.4 Å². The number of nitrogens with two attached hydrogens (primary N) is 1. The molecule has 3 atom stereocenters. The zero-order chi connectivity index (χ0) is 32.7. The second-order valence-electron chi connectivity index (χ2n) is 11.7. The van der Waals surface area contributed by atoms with Gasteiger partial charge in [-0.25, -0.2) is 0 Å². The van der Waals surface area contributed by atoms with E-state index in [2.05, 4.69) is 10.6 Å². The summed E-state index contributed by atoms with van der Waals surface area (Å²) in [5.74, 6) is -0.660. The molecule has 1 aliphatic rings. The summed E-state index contributed by atoms with van der Waals surface area (Å²) in [6.07, 6.45) is -0.667. The number of hydrogen-bond donors (Lipinski definition) is 4. The Labute approximate surface area is 273 Å². The monoisotopic (exact) mass is 652 g/mol. The van der Waals surface area contributed by atoms with Gasteiger partial charge in [0.2, 0.25) is 5.91 Å². The molecule has 1 heterocycles. The number of hydrogen-bond acceptors (Lipinski definition) is 7. The van der Waals surface area contributed by atoms with E-state index in [1.807, 2.05) is 64.1 Å². The molecule has 0 aromatic heterocycles. The topological polar surface area (TPSA) is 134 Å². The minimum absolute atomic E-state index is 0.0788. The number of aryl methyl sites for hydroxylation is 1. The molecular formula is C34H41ClN4O5S. The summed E-state index contributed by atoms with van der Waals surface area (Å²) in [7, 11) is 0.